The Morgan fingerprint density at radius 2 is 2.00 bits per heavy atom. The van der Waals surface area contributed by atoms with Crippen molar-refractivity contribution in [2.75, 3.05) is 0 Å². The fraction of sp³-hybridized carbons (Fsp3) is 0.150. The highest BCUT2D eigenvalue weighted by molar-refractivity contribution is 9.10. The Labute approximate surface area is 196 Å². The summed E-state index contributed by atoms with van der Waals surface area (Å²) in [5, 5.41) is 21.7. The number of carbonyl (C=O) groups is 1. The van der Waals surface area contributed by atoms with Gasteiger partial charge >= 0.3 is 0 Å². The molecule has 0 saturated heterocycles. The molecule has 0 aliphatic carbocycles. The zero-order chi connectivity index (χ0) is 21.6. The van der Waals surface area contributed by atoms with E-state index >= 15 is 0 Å². The smallest absolute Gasteiger partial charge is 0.239 e. The lowest BCUT2D eigenvalue weighted by Gasteiger charge is -2.17. The van der Waals surface area contributed by atoms with Crippen molar-refractivity contribution in [3.8, 4) is 5.69 Å². The number of amides is 1. The van der Waals surface area contributed by atoms with Crippen molar-refractivity contribution in [2.45, 2.75) is 23.8 Å². The first-order valence-corrected chi connectivity index (χ1v) is 12.0. The van der Waals surface area contributed by atoms with Crippen LogP contribution >= 0.6 is 39.5 Å². The van der Waals surface area contributed by atoms with E-state index in [4.69, 9.17) is 0 Å². The van der Waals surface area contributed by atoms with Crippen molar-refractivity contribution < 1.29 is 4.79 Å². The van der Waals surface area contributed by atoms with Crippen LogP contribution in [0.3, 0.4) is 0 Å². The number of tetrazole rings is 1. The molecule has 0 bridgehead atoms. The molecule has 1 aliphatic heterocycles. The molecule has 3 aromatic rings. The molecule has 158 valence electrons. The Morgan fingerprint density at radius 3 is 2.68 bits per heavy atom. The normalized spacial score (nSPS) is 14.3. The van der Waals surface area contributed by atoms with E-state index in [0.29, 0.717) is 16.7 Å². The molecule has 2 aromatic carbocycles. The minimum atomic E-state index is -0.367. The summed E-state index contributed by atoms with van der Waals surface area (Å²) in [6.45, 7) is 1.95. The predicted molar refractivity (Wildman–Crippen MR) is 128 cm³/mol. The summed E-state index contributed by atoms with van der Waals surface area (Å²) >= 11 is 6.11. The van der Waals surface area contributed by atoms with E-state index in [1.54, 1.807) is 4.68 Å². The molecule has 8 nitrogen and oxygen atoms in total. The highest BCUT2D eigenvalue weighted by atomic mass is 79.9. The second-order valence-corrected chi connectivity index (χ2v) is 9.34. The van der Waals surface area contributed by atoms with Crippen molar-refractivity contribution in [1.29, 1.82) is 0 Å². The Balaban J connectivity index is 1.38. The van der Waals surface area contributed by atoms with Gasteiger partial charge in [0.05, 0.1) is 16.6 Å². The second-order valence-electron chi connectivity index (χ2n) is 6.40. The maximum atomic E-state index is 12.8. The molecule has 0 spiro atoms. The number of nitrogens with zero attached hydrogens (tertiary/aromatic N) is 5. The van der Waals surface area contributed by atoms with Gasteiger partial charge in [0.15, 0.2) is 5.17 Å². The van der Waals surface area contributed by atoms with Crippen LogP contribution in [0.5, 0.6) is 0 Å². The van der Waals surface area contributed by atoms with E-state index in [1.165, 1.54) is 23.5 Å². The fourth-order valence-electron chi connectivity index (χ4n) is 2.72. The maximum Gasteiger partial charge on any atom is 0.239 e. The van der Waals surface area contributed by atoms with E-state index in [-0.39, 0.29) is 11.2 Å². The Bertz CT molecular complexity index is 1120. The quantitative estimate of drug-likeness (QED) is 0.478. The lowest BCUT2D eigenvalue weighted by atomic mass is 10.2. The lowest BCUT2D eigenvalue weighted by Crippen LogP contribution is -2.37. The average Bonchev–Trinajstić information content (AvgIpc) is 3.27. The molecule has 1 unspecified atom stereocenters. The molecule has 1 aliphatic rings. The first-order chi connectivity index (χ1) is 15.1. The van der Waals surface area contributed by atoms with Crippen LogP contribution in [0.15, 0.2) is 74.7 Å². The van der Waals surface area contributed by atoms with Crippen LogP contribution in [0.2, 0.25) is 0 Å². The number of hydrogen-bond donors (Lipinski definition) is 2. The van der Waals surface area contributed by atoms with Gasteiger partial charge in [-0.2, -0.15) is 4.68 Å². The van der Waals surface area contributed by atoms with Gasteiger partial charge in [0.25, 0.3) is 0 Å². The van der Waals surface area contributed by atoms with Gasteiger partial charge in [0, 0.05) is 15.4 Å². The van der Waals surface area contributed by atoms with Crippen LogP contribution < -0.4 is 10.7 Å². The number of carbonyl (C=O) groups excluding carboxylic acids is 1. The largest absolute Gasteiger partial charge is 0.303 e. The number of amidine groups is 1. The lowest BCUT2D eigenvalue weighted by molar-refractivity contribution is -0.119. The summed E-state index contributed by atoms with van der Waals surface area (Å²) in [6, 6.07) is 17.5. The molecule has 0 saturated carbocycles. The van der Waals surface area contributed by atoms with Gasteiger partial charge in [-0.25, -0.2) is 0 Å². The molecular formula is C20H18BrN7OS2. The average molecular weight is 516 g/mol. The molecule has 1 amide bonds. The fourth-order valence-corrected chi connectivity index (χ4v) is 4.57. The van der Waals surface area contributed by atoms with Gasteiger partial charge in [-0.1, -0.05) is 76.7 Å². The topological polar surface area (TPSA) is 97.1 Å². The van der Waals surface area contributed by atoms with E-state index in [9.17, 15) is 4.79 Å². The monoisotopic (exact) mass is 515 g/mol. The minimum Gasteiger partial charge on any atom is -0.303 e. The number of nitrogens with one attached hydrogen (secondary N) is 2. The van der Waals surface area contributed by atoms with Crippen molar-refractivity contribution in [3.05, 3.63) is 70.0 Å². The molecule has 31 heavy (non-hydrogen) atoms. The summed E-state index contributed by atoms with van der Waals surface area (Å²) in [5.74, 6) is -0.149. The third-order valence-corrected chi connectivity index (χ3v) is 6.90. The number of thioether (sulfide) groups is 2. The van der Waals surface area contributed by atoms with Gasteiger partial charge < -0.3 is 5.32 Å². The third kappa shape index (κ3) is 5.35. The summed E-state index contributed by atoms with van der Waals surface area (Å²) in [5.41, 5.74) is 5.73. The van der Waals surface area contributed by atoms with Crippen LogP contribution in [0.25, 0.3) is 11.4 Å². The number of para-hydroxylation sites is 1. The standard InChI is InChI=1S/C20H18BrN7OS2/c1-2-17(31-20-25-26-27-28(20)15-6-4-3-5-7-15)18(29)22-19-24-23-16(12-30-19)13-8-10-14(21)11-9-13/h3-12,17,23H,2H2,1H3,(H,22,24,29). The van der Waals surface area contributed by atoms with E-state index in [0.717, 1.165) is 21.4 Å². The molecule has 4 rings (SSSR count). The summed E-state index contributed by atoms with van der Waals surface area (Å²) in [6.07, 6.45) is 0.615. The zero-order valence-corrected chi connectivity index (χ0v) is 19.6. The van der Waals surface area contributed by atoms with Gasteiger partial charge in [-0.3, -0.25) is 10.2 Å². The number of hydrazone groups is 1. The predicted octanol–water partition coefficient (Wildman–Crippen LogP) is 4.02. The van der Waals surface area contributed by atoms with Crippen molar-refractivity contribution >= 4 is 56.2 Å². The molecular weight excluding hydrogens is 498 g/mol. The Morgan fingerprint density at radius 1 is 1.23 bits per heavy atom. The van der Waals surface area contributed by atoms with Crippen molar-refractivity contribution in [1.82, 2.24) is 30.9 Å². The van der Waals surface area contributed by atoms with Gasteiger partial charge in [0.1, 0.15) is 0 Å². The Kier molecular flexibility index (Phi) is 7.05. The van der Waals surface area contributed by atoms with Crippen LogP contribution in [0, 0.1) is 0 Å². The van der Waals surface area contributed by atoms with E-state index < -0.39 is 0 Å². The van der Waals surface area contributed by atoms with E-state index in [1.807, 2.05) is 66.9 Å². The van der Waals surface area contributed by atoms with Crippen LogP contribution in [0.1, 0.15) is 18.9 Å². The van der Waals surface area contributed by atoms with Crippen molar-refractivity contribution in [3.63, 3.8) is 0 Å². The number of aromatic nitrogens is 4. The molecule has 2 N–H and O–H groups in total. The highest BCUT2D eigenvalue weighted by Gasteiger charge is 2.24. The number of benzene rings is 2. The molecule has 1 aromatic heterocycles. The van der Waals surface area contributed by atoms with Gasteiger partial charge in [0.2, 0.25) is 11.1 Å². The molecule has 0 fully saturated rings. The van der Waals surface area contributed by atoms with Crippen LogP contribution in [-0.4, -0.2) is 36.5 Å². The number of rotatable bonds is 6. The summed E-state index contributed by atoms with van der Waals surface area (Å²) in [7, 11) is 0. The Hall–Kier alpha value is -2.63. The first-order valence-electron chi connectivity index (χ1n) is 9.42. The zero-order valence-electron chi connectivity index (χ0n) is 16.4. The minimum absolute atomic E-state index is 0.149. The number of hydrogen-bond acceptors (Lipinski definition) is 8. The first kappa shape index (κ1) is 21.6. The maximum absolute atomic E-state index is 12.8. The van der Waals surface area contributed by atoms with E-state index in [2.05, 4.69) is 47.3 Å². The molecule has 1 atom stereocenters. The van der Waals surface area contributed by atoms with Crippen molar-refractivity contribution in [2.24, 2.45) is 5.10 Å². The molecule has 2 heterocycles. The number of halogens is 1. The SMILES string of the molecule is CCC(Sc1nnnn1-c1ccccc1)C(=O)NC1=NNC(c2ccc(Br)cc2)=CS1. The van der Waals surface area contributed by atoms with Crippen LogP contribution in [0.4, 0.5) is 0 Å². The van der Waals surface area contributed by atoms with Gasteiger partial charge in [-0.05, 0) is 41.1 Å². The molecule has 11 heteroatoms. The molecule has 0 radical (unpaired) electrons. The summed E-state index contributed by atoms with van der Waals surface area (Å²) in [4.78, 5) is 12.8. The second kappa shape index (κ2) is 10.1. The van der Waals surface area contributed by atoms with Crippen LogP contribution in [-0.2, 0) is 4.79 Å². The summed E-state index contributed by atoms with van der Waals surface area (Å²) < 4.78 is 2.64. The third-order valence-electron chi connectivity index (χ3n) is 4.30. The highest BCUT2D eigenvalue weighted by Crippen LogP contribution is 2.26. The van der Waals surface area contributed by atoms with Gasteiger partial charge in [-0.15, -0.1) is 10.2 Å².